The van der Waals surface area contributed by atoms with Crippen LogP contribution in [0.25, 0.3) is 17.0 Å². The first kappa shape index (κ1) is 18.1. The molecule has 2 aromatic carbocycles. The molecule has 136 valence electrons. The van der Waals surface area contributed by atoms with Crippen molar-refractivity contribution >= 4 is 34.6 Å². The highest BCUT2D eigenvalue weighted by Crippen LogP contribution is 2.17. The lowest BCUT2D eigenvalue weighted by molar-refractivity contribution is -0.111. The molecule has 0 radical (unpaired) electrons. The molecule has 1 heterocycles. The SMILES string of the molecule is Cc1ccc2occ(/C=C/C(=O)Nc3cc(C(=O)O)ccc3C)c(=O)c2c1. The predicted octanol–water partition coefficient (Wildman–Crippen LogP) is 3.76. The normalized spacial score (nSPS) is 11.0. The predicted molar refractivity (Wildman–Crippen MR) is 103 cm³/mol. The third-order valence-electron chi connectivity index (χ3n) is 4.11. The van der Waals surface area contributed by atoms with Gasteiger partial charge in [0.25, 0.3) is 0 Å². The molecule has 3 rings (SSSR count). The fourth-order valence-electron chi connectivity index (χ4n) is 2.60. The topological polar surface area (TPSA) is 96.6 Å². The van der Waals surface area contributed by atoms with Gasteiger partial charge in [0.2, 0.25) is 5.91 Å². The van der Waals surface area contributed by atoms with Crippen LogP contribution in [0.4, 0.5) is 5.69 Å². The fraction of sp³-hybridized carbons (Fsp3) is 0.0952. The number of carboxylic acids is 1. The second kappa shape index (κ2) is 7.29. The van der Waals surface area contributed by atoms with Crippen molar-refractivity contribution in [3.63, 3.8) is 0 Å². The van der Waals surface area contributed by atoms with E-state index in [0.29, 0.717) is 16.7 Å². The van der Waals surface area contributed by atoms with Gasteiger partial charge in [-0.05, 0) is 49.8 Å². The number of aromatic carboxylic acids is 1. The first-order chi connectivity index (χ1) is 12.8. The Morgan fingerprint density at radius 1 is 1.11 bits per heavy atom. The lowest BCUT2D eigenvalue weighted by Gasteiger charge is -2.07. The van der Waals surface area contributed by atoms with E-state index in [2.05, 4.69) is 5.32 Å². The van der Waals surface area contributed by atoms with Crippen molar-refractivity contribution in [1.82, 2.24) is 0 Å². The molecule has 6 nitrogen and oxygen atoms in total. The molecule has 0 aliphatic heterocycles. The second-order valence-corrected chi connectivity index (χ2v) is 6.18. The molecule has 0 aliphatic rings. The Labute approximate surface area is 154 Å². The maximum Gasteiger partial charge on any atom is 0.335 e. The summed E-state index contributed by atoms with van der Waals surface area (Å²) in [6.07, 6.45) is 3.89. The quantitative estimate of drug-likeness (QED) is 0.688. The maximum absolute atomic E-state index is 12.5. The van der Waals surface area contributed by atoms with E-state index < -0.39 is 11.9 Å². The smallest absolute Gasteiger partial charge is 0.335 e. The molecular weight excluding hydrogens is 346 g/mol. The summed E-state index contributed by atoms with van der Waals surface area (Å²) in [4.78, 5) is 35.7. The third kappa shape index (κ3) is 3.95. The lowest BCUT2D eigenvalue weighted by Crippen LogP contribution is -2.11. The molecule has 0 aliphatic carbocycles. The van der Waals surface area contributed by atoms with E-state index in [1.54, 1.807) is 25.1 Å². The van der Waals surface area contributed by atoms with E-state index in [-0.39, 0.29) is 16.6 Å². The number of hydrogen-bond donors (Lipinski definition) is 2. The van der Waals surface area contributed by atoms with Crippen LogP contribution < -0.4 is 10.7 Å². The number of carboxylic acid groups (broad SMARTS) is 1. The van der Waals surface area contributed by atoms with Gasteiger partial charge in [0.1, 0.15) is 11.8 Å². The van der Waals surface area contributed by atoms with Crippen LogP contribution in [0.1, 0.15) is 27.0 Å². The van der Waals surface area contributed by atoms with Crippen molar-refractivity contribution in [3.8, 4) is 0 Å². The van der Waals surface area contributed by atoms with Gasteiger partial charge in [0.05, 0.1) is 16.5 Å². The molecule has 0 spiro atoms. The molecule has 6 heteroatoms. The first-order valence-corrected chi connectivity index (χ1v) is 8.20. The molecule has 0 saturated heterocycles. The maximum atomic E-state index is 12.5. The van der Waals surface area contributed by atoms with Crippen LogP contribution in [-0.2, 0) is 4.79 Å². The van der Waals surface area contributed by atoms with Crippen molar-refractivity contribution in [1.29, 1.82) is 0 Å². The van der Waals surface area contributed by atoms with Crippen LogP contribution >= 0.6 is 0 Å². The van der Waals surface area contributed by atoms with Gasteiger partial charge in [-0.3, -0.25) is 9.59 Å². The summed E-state index contributed by atoms with van der Waals surface area (Å²) >= 11 is 0. The monoisotopic (exact) mass is 363 g/mol. The first-order valence-electron chi connectivity index (χ1n) is 8.20. The Bertz CT molecular complexity index is 1140. The fourth-order valence-corrected chi connectivity index (χ4v) is 2.60. The summed E-state index contributed by atoms with van der Waals surface area (Å²) < 4.78 is 5.44. The summed E-state index contributed by atoms with van der Waals surface area (Å²) in [5, 5.41) is 12.1. The van der Waals surface area contributed by atoms with E-state index >= 15 is 0 Å². The highest BCUT2D eigenvalue weighted by molar-refractivity contribution is 6.03. The standard InChI is InChI=1S/C21H17NO5/c1-12-3-7-18-16(9-12)20(24)15(11-27-18)6-8-19(23)22-17-10-14(21(25)26)5-4-13(17)2/h3-11H,1-2H3,(H,22,23)(H,25,26)/b8-6+. The number of amides is 1. The van der Waals surface area contributed by atoms with Crippen molar-refractivity contribution in [2.45, 2.75) is 13.8 Å². The van der Waals surface area contributed by atoms with Crippen LogP contribution in [0.2, 0.25) is 0 Å². The van der Waals surface area contributed by atoms with Gasteiger partial charge in [-0.2, -0.15) is 0 Å². The van der Waals surface area contributed by atoms with Crippen LogP contribution in [0.15, 0.2) is 57.9 Å². The molecule has 0 bridgehead atoms. The number of fused-ring (bicyclic) bond motifs is 1. The largest absolute Gasteiger partial charge is 0.478 e. The molecule has 0 unspecified atom stereocenters. The van der Waals surface area contributed by atoms with Crippen LogP contribution in [0.3, 0.4) is 0 Å². The Balaban J connectivity index is 1.84. The summed E-state index contributed by atoms with van der Waals surface area (Å²) in [5.74, 6) is -1.56. The zero-order valence-corrected chi connectivity index (χ0v) is 14.8. The average molecular weight is 363 g/mol. The summed E-state index contributed by atoms with van der Waals surface area (Å²) in [6.45, 7) is 3.63. The number of carbonyl (C=O) groups is 2. The number of carbonyl (C=O) groups excluding carboxylic acids is 1. The van der Waals surface area contributed by atoms with Gasteiger partial charge in [-0.1, -0.05) is 17.7 Å². The Morgan fingerprint density at radius 2 is 1.89 bits per heavy atom. The summed E-state index contributed by atoms with van der Waals surface area (Å²) in [7, 11) is 0. The van der Waals surface area contributed by atoms with Crippen LogP contribution in [0, 0.1) is 13.8 Å². The van der Waals surface area contributed by atoms with Gasteiger partial charge in [0, 0.05) is 11.8 Å². The minimum absolute atomic E-state index is 0.0745. The third-order valence-corrected chi connectivity index (χ3v) is 4.11. The minimum Gasteiger partial charge on any atom is -0.478 e. The molecule has 3 aromatic rings. The number of anilines is 1. The zero-order valence-electron chi connectivity index (χ0n) is 14.8. The van der Waals surface area contributed by atoms with Crippen molar-refractivity contribution in [3.05, 3.63) is 81.2 Å². The molecular formula is C21H17NO5. The zero-order chi connectivity index (χ0) is 19.6. The van der Waals surface area contributed by atoms with Crippen LogP contribution in [0.5, 0.6) is 0 Å². The van der Waals surface area contributed by atoms with E-state index in [4.69, 9.17) is 9.52 Å². The van der Waals surface area contributed by atoms with Gasteiger partial charge >= 0.3 is 5.97 Å². The number of benzene rings is 2. The van der Waals surface area contributed by atoms with E-state index in [9.17, 15) is 14.4 Å². The number of nitrogens with one attached hydrogen (secondary N) is 1. The van der Waals surface area contributed by atoms with Gasteiger partial charge in [-0.25, -0.2) is 4.79 Å². The van der Waals surface area contributed by atoms with Crippen LogP contribution in [-0.4, -0.2) is 17.0 Å². The number of hydrogen-bond acceptors (Lipinski definition) is 4. The molecule has 1 amide bonds. The van der Waals surface area contributed by atoms with Gasteiger partial charge in [-0.15, -0.1) is 0 Å². The van der Waals surface area contributed by atoms with Crippen molar-refractivity contribution in [2.24, 2.45) is 0 Å². The van der Waals surface area contributed by atoms with E-state index in [1.807, 2.05) is 13.0 Å². The van der Waals surface area contributed by atoms with E-state index in [1.165, 1.54) is 30.5 Å². The average Bonchev–Trinajstić information content (AvgIpc) is 2.63. The van der Waals surface area contributed by atoms with Gasteiger partial charge in [0.15, 0.2) is 5.43 Å². The Kier molecular flexibility index (Phi) is 4.90. The van der Waals surface area contributed by atoms with Crippen molar-refractivity contribution in [2.75, 3.05) is 5.32 Å². The molecule has 0 atom stereocenters. The molecule has 0 fully saturated rings. The van der Waals surface area contributed by atoms with E-state index in [0.717, 1.165) is 11.1 Å². The Morgan fingerprint density at radius 3 is 2.63 bits per heavy atom. The Hall–Kier alpha value is -3.67. The molecule has 2 N–H and O–H groups in total. The highest BCUT2D eigenvalue weighted by Gasteiger charge is 2.09. The molecule has 0 saturated carbocycles. The van der Waals surface area contributed by atoms with Gasteiger partial charge < -0.3 is 14.8 Å². The summed E-state index contributed by atoms with van der Waals surface area (Å²) in [6, 6.07) is 9.77. The number of rotatable bonds is 4. The number of aryl methyl sites for hydroxylation is 2. The van der Waals surface area contributed by atoms with Crippen molar-refractivity contribution < 1.29 is 19.1 Å². The molecule has 1 aromatic heterocycles. The summed E-state index contributed by atoms with van der Waals surface area (Å²) in [5.41, 5.74) is 2.63. The highest BCUT2D eigenvalue weighted by atomic mass is 16.4. The minimum atomic E-state index is -1.08. The lowest BCUT2D eigenvalue weighted by atomic mass is 10.1. The molecule has 27 heavy (non-hydrogen) atoms. The second-order valence-electron chi connectivity index (χ2n) is 6.18.